The SMILES string of the molecule is CCOC(=O)CN(C)[C@H](C)C(=O)Nc1cc(C)on1. The van der Waals surface area contributed by atoms with Gasteiger partial charge >= 0.3 is 5.97 Å². The molecule has 0 bridgehead atoms. The van der Waals surface area contributed by atoms with E-state index in [9.17, 15) is 9.59 Å². The third-order valence-corrected chi connectivity index (χ3v) is 2.60. The number of carbonyl (C=O) groups excluding carboxylic acids is 2. The third-order valence-electron chi connectivity index (χ3n) is 2.60. The van der Waals surface area contributed by atoms with E-state index in [1.807, 2.05) is 0 Å². The van der Waals surface area contributed by atoms with Crippen LogP contribution in [0, 0.1) is 6.92 Å². The Hall–Kier alpha value is -1.89. The smallest absolute Gasteiger partial charge is 0.320 e. The molecule has 1 rings (SSSR count). The average molecular weight is 269 g/mol. The van der Waals surface area contributed by atoms with Crippen LogP contribution in [0.1, 0.15) is 19.6 Å². The minimum absolute atomic E-state index is 0.0558. The van der Waals surface area contributed by atoms with E-state index in [-0.39, 0.29) is 18.4 Å². The van der Waals surface area contributed by atoms with Crippen molar-refractivity contribution in [1.82, 2.24) is 10.1 Å². The summed E-state index contributed by atoms with van der Waals surface area (Å²) >= 11 is 0. The number of nitrogens with one attached hydrogen (secondary N) is 1. The summed E-state index contributed by atoms with van der Waals surface area (Å²) < 4.78 is 9.67. The lowest BCUT2D eigenvalue weighted by Gasteiger charge is -2.22. The van der Waals surface area contributed by atoms with Crippen LogP contribution in [0.15, 0.2) is 10.6 Å². The molecule has 0 aliphatic heterocycles. The minimum Gasteiger partial charge on any atom is -0.465 e. The van der Waals surface area contributed by atoms with E-state index in [1.165, 1.54) is 0 Å². The molecule has 1 aromatic heterocycles. The molecule has 0 aliphatic rings. The summed E-state index contributed by atoms with van der Waals surface area (Å²) in [5, 5.41) is 6.28. The normalized spacial score (nSPS) is 12.3. The van der Waals surface area contributed by atoms with Gasteiger partial charge in [-0.15, -0.1) is 0 Å². The predicted molar refractivity (Wildman–Crippen MR) is 68.6 cm³/mol. The summed E-state index contributed by atoms with van der Waals surface area (Å²) in [5.41, 5.74) is 0. The summed E-state index contributed by atoms with van der Waals surface area (Å²) in [6, 6.07) is 1.14. The molecule has 1 N–H and O–H groups in total. The number of hydrogen-bond donors (Lipinski definition) is 1. The van der Waals surface area contributed by atoms with Gasteiger partial charge in [-0.25, -0.2) is 0 Å². The second-order valence-corrected chi connectivity index (χ2v) is 4.21. The molecule has 0 spiro atoms. The van der Waals surface area contributed by atoms with Crippen LogP contribution in [-0.2, 0) is 14.3 Å². The van der Waals surface area contributed by atoms with Crippen LogP contribution >= 0.6 is 0 Å². The van der Waals surface area contributed by atoms with Crippen LogP contribution < -0.4 is 5.32 Å². The molecule has 1 amide bonds. The van der Waals surface area contributed by atoms with E-state index < -0.39 is 6.04 Å². The second-order valence-electron chi connectivity index (χ2n) is 4.21. The molecule has 0 unspecified atom stereocenters. The number of anilines is 1. The van der Waals surface area contributed by atoms with Gasteiger partial charge in [0.15, 0.2) is 5.82 Å². The van der Waals surface area contributed by atoms with Gasteiger partial charge in [-0.3, -0.25) is 14.5 Å². The van der Waals surface area contributed by atoms with Gasteiger partial charge in [-0.05, 0) is 27.8 Å². The monoisotopic (exact) mass is 269 g/mol. The molecule has 0 radical (unpaired) electrons. The van der Waals surface area contributed by atoms with Crippen molar-refractivity contribution in [3.05, 3.63) is 11.8 Å². The fourth-order valence-corrected chi connectivity index (χ4v) is 1.40. The molecule has 0 saturated heterocycles. The summed E-state index contributed by atoms with van der Waals surface area (Å²) in [6.45, 7) is 5.55. The van der Waals surface area contributed by atoms with E-state index in [1.54, 1.807) is 38.8 Å². The highest BCUT2D eigenvalue weighted by molar-refractivity contribution is 5.94. The molecule has 19 heavy (non-hydrogen) atoms. The van der Waals surface area contributed by atoms with Crippen LogP contribution in [-0.4, -0.2) is 48.2 Å². The fourth-order valence-electron chi connectivity index (χ4n) is 1.40. The van der Waals surface area contributed by atoms with Gasteiger partial charge in [0.1, 0.15) is 5.76 Å². The Morgan fingerprint density at radius 1 is 1.58 bits per heavy atom. The second kappa shape index (κ2) is 6.89. The van der Waals surface area contributed by atoms with Crippen molar-refractivity contribution in [2.45, 2.75) is 26.8 Å². The highest BCUT2D eigenvalue weighted by Crippen LogP contribution is 2.08. The van der Waals surface area contributed by atoms with Crippen molar-refractivity contribution in [3.63, 3.8) is 0 Å². The molecule has 7 heteroatoms. The molecular formula is C12H19N3O4. The Morgan fingerprint density at radius 2 is 2.26 bits per heavy atom. The Morgan fingerprint density at radius 3 is 2.79 bits per heavy atom. The van der Waals surface area contributed by atoms with Gasteiger partial charge in [0.25, 0.3) is 0 Å². The lowest BCUT2D eigenvalue weighted by Crippen LogP contribution is -2.42. The average Bonchev–Trinajstić information content (AvgIpc) is 2.73. The Bertz CT molecular complexity index is 444. The van der Waals surface area contributed by atoms with Gasteiger partial charge in [0, 0.05) is 6.07 Å². The van der Waals surface area contributed by atoms with E-state index in [0.717, 1.165) is 0 Å². The highest BCUT2D eigenvalue weighted by atomic mass is 16.5. The lowest BCUT2D eigenvalue weighted by atomic mass is 10.2. The summed E-state index contributed by atoms with van der Waals surface area (Å²) in [7, 11) is 1.68. The Labute approximate surface area is 111 Å². The number of nitrogens with zero attached hydrogens (tertiary/aromatic N) is 2. The summed E-state index contributed by atoms with van der Waals surface area (Å²) in [6.07, 6.45) is 0. The van der Waals surface area contributed by atoms with Gasteiger partial charge in [-0.2, -0.15) is 0 Å². The van der Waals surface area contributed by atoms with Crippen LogP contribution in [0.25, 0.3) is 0 Å². The Balaban J connectivity index is 2.49. The maximum Gasteiger partial charge on any atom is 0.320 e. The standard InChI is InChI=1S/C12H19N3O4/c1-5-18-11(16)7-15(4)9(3)12(17)13-10-6-8(2)19-14-10/h6,9H,5,7H2,1-4H3,(H,13,14,17)/t9-/m1/s1. The van der Waals surface area contributed by atoms with Crippen molar-refractivity contribution in [2.24, 2.45) is 0 Å². The fraction of sp³-hybridized carbons (Fsp3) is 0.583. The molecule has 106 valence electrons. The van der Waals surface area contributed by atoms with Crippen molar-refractivity contribution < 1.29 is 18.8 Å². The first kappa shape index (κ1) is 15.2. The van der Waals surface area contributed by atoms with Gasteiger partial charge < -0.3 is 14.6 Å². The molecule has 0 aromatic carbocycles. The zero-order chi connectivity index (χ0) is 14.4. The van der Waals surface area contributed by atoms with Gasteiger partial charge in [0.05, 0.1) is 19.2 Å². The van der Waals surface area contributed by atoms with E-state index in [4.69, 9.17) is 9.26 Å². The van der Waals surface area contributed by atoms with Crippen LogP contribution in [0.4, 0.5) is 5.82 Å². The van der Waals surface area contributed by atoms with Gasteiger partial charge in [0.2, 0.25) is 5.91 Å². The molecule has 7 nitrogen and oxygen atoms in total. The first-order valence-corrected chi connectivity index (χ1v) is 6.04. The van der Waals surface area contributed by atoms with Crippen molar-refractivity contribution in [2.75, 3.05) is 25.5 Å². The number of hydrogen-bond acceptors (Lipinski definition) is 6. The number of rotatable bonds is 6. The quantitative estimate of drug-likeness (QED) is 0.769. The number of carbonyl (C=O) groups is 2. The minimum atomic E-state index is -0.485. The lowest BCUT2D eigenvalue weighted by molar-refractivity contribution is -0.144. The van der Waals surface area contributed by atoms with Gasteiger partial charge in [-0.1, -0.05) is 5.16 Å². The third kappa shape index (κ3) is 4.70. The van der Waals surface area contributed by atoms with E-state index in [2.05, 4.69) is 10.5 Å². The zero-order valence-corrected chi connectivity index (χ0v) is 11.6. The van der Waals surface area contributed by atoms with Crippen molar-refractivity contribution in [3.8, 4) is 0 Å². The molecular weight excluding hydrogens is 250 g/mol. The summed E-state index contributed by atoms with van der Waals surface area (Å²) in [5.74, 6) is 0.351. The number of ether oxygens (including phenoxy) is 1. The highest BCUT2D eigenvalue weighted by Gasteiger charge is 2.21. The van der Waals surface area contributed by atoms with E-state index in [0.29, 0.717) is 18.2 Å². The zero-order valence-electron chi connectivity index (χ0n) is 11.6. The predicted octanol–water partition coefficient (Wildman–Crippen LogP) is 0.805. The molecule has 1 aromatic rings. The molecule has 1 atom stereocenters. The number of esters is 1. The maximum atomic E-state index is 11.9. The summed E-state index contributed by atoms with van der Waals surface area (Å²) in [4.78, 5) is 24.8. The maximum absolute atomic E-state index is 11.9. The molecule has 1 heterocycles. The van der Waals surface area contributed by atoms with Crippen LogP contribution in [0.5, 0.6) is 0 Å². The number of likely N-dealkylation sites (N-methyl/N-ethyl adjacent to an activating group) is 1. The number of aromatic nitrogens is 1. The van der Waals surface area contributed by atoms with Crippen molar-refractivity contribution in [1.29, 1.82) is 0 Å². The van der Waals surface area contributed by atoms with Crippen LogP contribution in [0.2, 0.25) is 0 Å². The largest absolute Gasteiger partial charge is 0.465 e. The van der Waals surface area contributed by atoms with Crippen molar-refractivity contribution >= 4 is 17.7 Å². The first-order chi connectivity index (χ1) is 8.93. The topological polar surface area (TPSA) is 84.7 Å². The molecule has 0 aliphatic carbocycles. The molecule has 0 saturated carbocycles. The van der Waals surface area contributed by atoms with Crippen LogP contribution in [0.3, 0.4) is 0 Å². The Kier molecular flexibility index (Phi) is 5.50. The first-order valence-electron chi connectivity index (χ1n) is 6.04. The number of amides is 1. The molecule has 0 fully saturated rings. The number of aryl methyl sites for hydroxylation is 1. The van der Waals surface area contributed by atoms with E-state index >= 15 is 0 Å².